The lowest BCUT2D eigenvalue weighted by Gasteiger charge is -2.20. The first kappa shape index (κ1) is 18.0. The van der Waals surface area contributed by atoms with Gasteiger partial charge in [0, 0.05) is 24.6 Å². The van der Waals surface area contributed by atoms with Gasteiger partial charge in [0.1, 0.15) is 0 Å². The van der Waals surface area contributed by atoms with E-state index in [0.717, 1.165) is 23.8 Å². The molecular formula is C21H30N2O2. The fourth-order valence-corrected chi connectivity index (χ4v) is 4.32. The van der Waals surface area contributed by atoms with Crippen LogP contribution in [-0.2, 0) is 11.3 Å². The minimum Gasteiger partial charge on any atom is -0.352 e. The highest BCUT2D eigenvalue weighted by Gasteiger charge is 2.39. The van der Waals surface area contributed by atoms with Crippen molar-refractivity contribution in [3.8, 4) is 0 Å². The first-order chi connectivity index (χ1) is 12.0. The Bertz CT molecular complexity index is 611. The van der Waals surface area contributed by atoms with E-state index in [4.69, 9.17) is 0 Å². The lowest BCUT2D eigenvalue weighted by atomic mass is 9.86. The minimum atomic E-state index is -0.0405. The van der Waals surface area contributed by atoms with E-state index in [0.29, 0.717) is 24.4 Å². The van der Waals surface area contributed by atoms with Crippen LogP contribution in [0.1, 0.15) is 68.3 Å². The zero-order chi connectivity index (χ0) is 17.8. The third-order valence-electron chi connectivity index (χ3n) is 6.03. The number of carbonyl (C=O) groups excluding carboxylic acids is 2. The van der Waals surface area contributed by atoms with Crippen molar-refractivity contribution in [2.45, 2.75) is 65.0 Å². The maximum atomic E-state index is 12.2. The smallest absolute Gasteiger partial charge is 0.251 e. The van der Waals surface area contributed by atoms with E-state index in [1.54, 1.807) is 0 Å². The van der Waals surface area contributed by atoms with Crippen molar-refractivity contribution in [3.05, 3.63) is 35.4 Å². The summed E-state index contributed by atoms with van der Waals surface area (Å²) < 4.78 is 0. The molecule has 25 heavy (non-hydrogen) atoms. The summed E-state index contributed by atoms with van der Waals surface area (Å²) in [5, 5.41) is 6.00. The molecule has 2 fully saturated rings. The highest BCUT2D eigenvalue weighted by atomic mass is 16.2. The minimum absolute atomic E-state index is 0.0405. The van der Waals surface area contributed by atoms with Crippen molar-refractivity contribution in [2.24, 2.45) is 17.8 Å². The van der Waals surface area contributed by atoms with Gasteiger partial charge in [-0.2, -0.15) is 0 Å². The van der Waals surface area contributed by atoms with Crippen molar-refractivity contribution in [1.29, 1.82) is 0 Å². The molecule has 4 nitrogen and oxygen atoms in total. The monoisotopic (exact) mass is 342 g/mol. The van der Waals surface area contributed by atoms with E-state index in [9.17, 15) is 9.59 Å². The summed E-state index contributed by atoms with van der Waals surface area (Å²) in [5.41, 5.74) is 1.69. The van der Waals surface area contributed by atoms with Gasteiger partial charge in [0.2, 0.25) is 5.91 Å². The topological polar surface area (TPSA) is 58.2 Å². The first-order valence-corrected chi connectivity index (χ1v) is 9.71. The van der Waals surface area contributed by atoms with Crippen LogP contribution in [0, 0.1) is 17.8 Å². The Morgan fingerprint density at radius 1 is 1.16 bits per heavy atom. The molecule has 0 aromatic heterocycles. The molecule has 136 valence electrons. The zero-order valence-electron chi connectivity index (χ0n) is 15.4. The number of benzene rings is 1. The van der Waals surface area contributed by atoms with Crippen molar-refractivity contribution < 1.29 is 9.59 Å². The molecule has 2 aliphatic rings. The Labute approximate surface area is 150 Å². The van der Waals surface area contributed by atoms with Gasteiger partial charge in [-0.05, 0) is 68.1 Å². The average Bonchev–Trinajstić information content (AvgIpc) is 3.23. The van der Waals surface area contributed by atoms with Gasteiger partial charge in [-0.15, -0.1) is 0 Å². The quantitative estimate of drug-likeness (QED) is 0.794. The molecule has 2 saturated carbocycles. The van der Waals surface area contributed by atoms with E-state index in [-0.39, 0.29) is 17.9 Å². The van der Waals surface area contributed by atoms with Crippen LogP contribution in [0.15, 0.2) is 24.3 Å². The van der Waals surface area contributed by atoms with Gasteiger partial charge in [-0.1, -0.05) is 25.5 Å². The summed E-state index contributed by atoms with van der Waals surface area (Å²) in [6, 6.07) is 7.68. The Hall–Kier alpha value is -1.84. The van der Waals surface area contributed by atoms with Crippen molar-refractivity contribution in [3.63, 3.8) is 0 Å². The number of nitrogens with one attached hydrogen (secondary N) is 2. The molecule has 2 amide bonds. The molecule has 4 heteroatoms. The van der Waals surface area contributed by atoms with Crippen molar-refractivity contribution in [1.82, 2.24) is 10.6 Å². The summed E-state index contributed by atoms with van der Waals surface area (Å²) in [6.45, 7) is 4.58. The Morgan fingerprint density at radius 3 is 2.52 bits per heavy atom. The fourth-order valence-electron chi connectivity index (χ4n) is 4.32. The van der Waals surface area contributed by atoms with Crippen molar-refractivity contribution in [2.75, 3.05) is 0 Å². The molecule has 0 saturated heterocycles. The highest BCUT2D eigenvalue weighted by molar-refractivity contribution is 5.94. The second-order valence-corrected chi connectivity index (χ2v) is 7.90. The molecule has 4 atom stereocenters. The molecule has 3 rings (SSSR count). The molecule has 1 aromatic rings. The summed E-state index contributed by atoms with van der Waals surface area (Å²) in [7, 11) is 0. The maximum Gasteiger partial charge on any atom is 0.251 e. The summed E-state index contributed by atoms with van der Waals surface area (Å²) >= 11 is 0. The Kier molecular flexibility index (Phi) is 5.77. The number of hydrogen-bond acceptors (Lipinski definition) is 2. The van der Waals surface area contributed by atoms with Crippen LogP contribution < -0.4 is 10.6 Å². The highest BCUT2D eigenvalue weighted by Crippen LogP contribution is 2.49. The molecule has 2 bridgehead atoms. The second kappa shape index (κ2) is 8.03. The van der Waals surface area contributed by atoms with E-state index < -0.39 is 0 Å². The predicted molar refractivity (Wildman–Crippen MR) is 99.1 cm³/mol. The summed E-state index contributed by atoms with van der Waals surface area (Å²) in [5.74, 6) is 2.40. The molecule has 2 aliphatic carbocycles. The van der Waals surface area contributed by atoms with Gasteiger partial charge in [-0.3, -0.25) is 9.59 Å². The lowest BCUT2D eigenvalue weighted by molar-refractivity contribution is -0.122. The standard InChI is InChI=1S/C21H30N2O2/c1-3-14(2)23-21(25)17-7-4-15(5-8-17)13-22-20(24)12-19-11-16-6-9-18(19)10-16/h4-5,7-8,14,16,18-19H,3,6,9-13H2,1-2H3,(H,22,24)(H,23,25)/t14-,16-,18-,19+/m1/s1. The molecule has 2 N–H and O–H groups in total. The Morgan fingerprint density at radius 2 is 1.92 bits per heavy atom. The van der Waals surface area contributed by atoms with Gasteiger partial charge in [0.25, 0.3) is 5.91 Å². The molecule has 0 spiro atoms. The van der Waals surface area contributed by atoms with E-state index in [1.165, 1.54) is 25.7 Å². The number of hydrogen-bond donors (Lipinski definition) is 2. The second-order valence-electron chi connectivity index (χ2n) is 7.90. The van der Waals surface area contributed by atoms with Gasteiger partial charge < -0.3 is 10.6 Å². The predicted octanol–water partition coefficient (Wildman–Crippen LogP) is 3.66. The lowest BCUT2D eigenvalue weighted by Crippen LogP contribution is -2.31. The molecule has 0 aliphatic heterocycles. The largest absolute Gasteiger partial charge is 0.352 e. The molecule has 0 unspecified atom stereocenters. The van der Waals surface area contributed by atoms with Crippen molar-refractivity contribution >= 4 is 11.8 Å². The van der Waals surface area contributed by atoms with Crippen LogP contribution in [0.2, 0.25) is 0 Å². The molecule has 0 radical (unpaired) electrons. The van der Waals surface area contributed by atoms with E-state index in [1.807, 2.05) is 38.1 Å². The van der Waals surface area contributed by atoms with Crippen LogP contribution >= 0.6 is 0 Å². The van der Waals surface area contributed by atoms with Gasteiger partial charge >= 0.3 is 0 Å². The number of amides is 2. The third-order valence-corrected chi connectivity index (χ3v) is 6.03. The number of fused-ring (bicyclic) bond motifs is 2. The summed E-state index contributed by atoms with van der Waals surface area (Å²) in [4.78, 5) is 24.3. The van der Waals surface area contributed by atoms with E-state index in [2.05, 4.69) is 10.6 Å². The van der Waals surface area contributed by atoms with Crippen LogP contribution in [0.3, 0.4) is 0 Å². The number of rotatable bonds is 7. The van der Waals surface area contributed by atoms with Gasteiger partial charge in [-0.25, -0.2) is 0 Å². The Balaban J connectivity index is 1.43. The fraction of sp³-hybridized carbons (Fsp3) is 0.619. The SMILES string of the molecule is CC[C@@H](C)NC(=O)c1ccc(CNC(=O)C[C@@H]2C[C@@H]3CC[C@@H]2C3)cc1. The average molecular weight is 342 g/mol. The normalized spacial score (nSPS) is 25.6. The third kappa shape index (κ3) is 4.62. The van der Waals surface area contributed by atoms with Crippen LogP contribution in [0.5, 0.6) is 0 Å². The summed E-state index contributed by atoms with van der Waals surface area (Å²) in [6.07, 6.45) is 6.88. The van der Waals surface area contributed by atoms with Gasteiger partial charge in [0.15, 0.2) is 0 Å². The van der Waals surface area contributed by atoms with Crippen LogP contribution in [0.4, 0.5) is 0 Å². The first-order valence-electron chi connectivity index (χ1n) is 9.71. The molecule has 1 aromatic carbocycles. The van der Waals surface area contributed by atoms with Gasteiger partial charge in [0.05, 0.1) is 0 Å². The van der Waals surface area contributed by atoms with Crippen LogP contribution in [-0.4, -0.2) is 17.9 Å². The van der Waals surface area contributed by atoms with Crippen LogP contribution in [0.25, 0.3) is 0 Å². The van der Waals surface area contributed by atoms with E-state index >= 15 is 0 Å². The molecular weight excluding hydrogens is 312 g/mol. The molecule has 0 heterocycles. The maximum absolute atomic E-state index is 12.2. The zero-order valence-corrected chi connectivity index (χ0v) is 15.4. The number of carbonyl (C=O) groups is 2.